The van der Waals surface area contributed by atoms with Crippen molar-refractivity contribution in [1.29, 1.82) is 0 Å². The van der Waals surface area contributed by atoms with Crippen molar-refractivity contribution < 1.29 is 14.5 Å². The van der Waals surface area contributed by atoms with Gasteiger partial charge >= 0.3 is 5.97 Å². The van der Waals surface area contributed by atoms with E-state index in [2.05, 4.69) is 10.1 Å². The number of nitro groups is 1. The van der Waals surface area contributed by atoms with Gasteiger partial charge < -0.3 is 10.1 Å². The Bertz CT molecular complexity index is 436. The van der Waals surface area contributed by atoms with Crippen molar-refractivity contribution in [2.75, 3.05) is 19.0 Å². The minimum atomic E-state index is -0.535. The van der Waals surface area contributed by atoms with Crippen molar-refractivity contribution in [2.45, 2.75) is 6.42 Å². The summed E-state index contributed by atoms with van der Waals surface area (Å²) in [4.78, 5) is 21.1. The number of benzene rings is 1. The number of esters is 1. The second kappa shape index (κ2) is 6.05. The van der Waals surface area contributed by atoms with Gasteiger partial charge in [-0.05, 0) is 12.1 Å². The number of carbonyl (C=O) groups is 1. The summed E-state index contributed by atoms with van der Waals surface area (Å²) in [6.07, 6.45) is 0.135. The lowest BCUT2D eigenvalue weighted by atomic mass is 10.2. The van der Waals surface area contributed by atoms with E-state index in [4.69, 9.17) is 11.6 Å². The molecule has 1 rings (SSSR count). The van der Waals surface area contributed by atoms with E-state index in [-0.39, 0.29) is 29.6 Å². The van der Waals surface area contributed by atoms with Gasteiger partial charge in [-0.1, -0.05) is 11.6 Å². The molecule has 6 nitrogen and oxygen atoms in total. The van der Waals surface area contributed by atoms with E-state index in [9.17, 15) is 14.9 Å². The van der Waals surface area contributed by atoms with Crippen LogP contribution in [0.2, 0.25) is 5.02 Å². The molecule has 0 aliphatic carbocycles. The number of rotatable bonds is 5. The number of halogens is 1. The fourth-order valence-corrected chi connectivity index (χ4v) is 1.37. The van der Waals surface area contributed by atoms with Crippen molar-refractivity contribution in [3.8, 4) is 0 Å². The highest BCUT2D eigenvalue weighted by Gasteiger charge is 2.14. The van der Waals surface area contributed by atoms with Crippen LogP contribution < -0.4 is 5.32 Å². The largest absolute Gasteiger partial charge is 0.469 e. The third-order valence-electron chi connectivity index (χ3n) is 2.03. The van der Waals surface area contributed by atoms with Gasteiger partial charge in [0.2, 0.25) is 0 Å². The van der Waals surface area contributed by atoms with E-state index in [1.54, 1.807) is 0 Å². The van der Waals surface area contributed by atoms with Crippen molar-refractivity contribution in [3.05, 3.63) is 33.3 Å². The summed E-state index contributed by atoms with van der Waals surface area (Å²) < 4.78 is 4.45. The molecular weight excluding hydrogens is 248 g/mol. The summed E-state index contributed by atoms with van der Waals surface area (Å²) in [5, 5.41) is 13.8. The fraction of sp³-hybridized carbons (Fsp3) is 0.300. The standard InChI is InChI=1S/C10H11ClN2O4/c1-17-10(14)4-5-12-8-3-2-7(11)6-9(8)13(15)16/h2-3,6,12H,4-5H2,1H3. The van der Waals surface area contributed by atoms with Crippen LogP contribution in [0.5, 0.6) is 0 Å². The molecule has 92 valence electrons. The van der Waals surface area contributed by atoms with E-state index in [1.807, 2.05) is 0 Å². The summed E-state index contributed by atoms with van der Waals surface area (Å²) in [7, 11) is 1.28. The maximum absolute atomic E-state index is 10.9. The smallest absolute Gasteiger partial charge is 0.307 e. The Morgan fingerprint density at radius 2 is 2.29 bits per heavy atom. The third-order valence-corrected chi connectivity index (χ3v) is 2.26. The molecule has 0 aliphatic heterocycles. The average Bonchev–Trinajstić information content (AvgIpc) is 2.30. The molecule has 0 saturated carbocycles. The summed E-state index contributed by atoms with van der Waals surface area (Å²) in [6.45, 7) is 0.259. The maximum atomic E-state index is 10.9. The fourth-order valence-electron chi connectivity index (χ4n) is 1.21. The summed E-state index contributed by atoms with van der Waals surface area (Å²) in [5.74, 6) is -0.380. The molecule has 0 spiro atoms. The van der Waals surface area contributed by atoms with E-state index in [0.29, 0.717) is 5.69 Å². The number of carbonyl (C=O) groups excluding carboxylic acids is 1. The van der Waals surface area contributed by atoms with Crippen LogP contribution in [0, 0.1) is 10.1 Å². The van der Waals surface area contributed by atoms with Gasteiger partial charge in [0.25, 0.3) is 5.69 Å². The highest BCUT2D eigenvalue weighted by Crippen LogP contribution is 2.27. The second-order valence-electron chi connectivity index (χ2n) is 3.17. The van der Waals surface area contributed by atoms with E-state index < -0.39 is 4.92 Å². The van der Waals surface area contributed by atoms with Crippen LogP contribution in [-0.2, 0) is 9.53 Å². The molecule has 0 saturated heterocycles. The Balaban J connectivity index is 2.70. The van der Waals surface area contributed by atoms with E-state index >= 15 is 0 Å². The van der Waals surface area contributed by atoms with Gasteiger partial charge in [-0.3, -0.25) is 14.9 Å². The topological polar surface area (TPSA) is 81.5 Å². The predicted octanol–water partition coefficient (Wildman–Crippen LogP) is 2.22. The molecule has 0 unspecified atom stereocenters. The number of nitro benzene ring substituents is 1. The SMILES string of the molecule is COC(=O)CCNc1ccc(Cl)cc1[N+](=O)[O-]. The highest BCUT2D eigenvalue weighted by molar-refractivity contribution is 6.30. The Morgan fingerprint density at radius 3 is 2.88 bits per heavy atom. The zero-order chi connectivity index (χ0) is 12.8. The van der Waals surface area contributed by atoms with Gasteiger partial charge in [0.15, 0.2) is 0 Å². The Labute approximate surface area is 103 Å². The second-order valence-corrected chi connectivity index (χ2v) is 3.61. The van der Waals surface area contributed by atoms with E-state index in [1.165, 1.54) is 25.3 Å². The summed E-state index contributed by atoms with van der Waals surface area (Å²) in [6, 6.07) is 4.29. The van der Waals surface area contributed by atoms with E-state index in [0.717, 1.165) is 0 Å². The van der Waals surface area contributed by atoms with Crippen molar-refractivity contribution in [1.82, 2.24) is 0 Å². The average molecular weight is 259 g/mol. The minimum Gasteiger partial charge on any atom is -0.469 e. The zero-order valence-corrected chi connectivity index (χ0v) is 9.86. The number of hydrogen-bond donors (Lipinski definition) is 1. The third kappa shape index (κ3) is 3.92. The van der Waals surface area contributed by atoms with Gasteiger partial charge in [-0.2, -0.15) is 0 Å². The monoisotopic (exact) mass is 258 g/mol. The summed E-state index contributed by atoms with van der Waals surface area (Å²) in [5.41, 5.74) is 0.200. The molecule has 0 aromatic heterocycles. The molecule has 7 heteroatoms. The molecule has 1 N–H and O–H groups in total. The molecule has 1 aromatic rings. The van der Waals surface area contributed by atoms with Crippen molar-refractivity contribution in [3.63, 3.8) is 0 Å². The van der Waals surface area contributed by atoms with Crippen LogP contribution in [-0.4, -0.2) is 24.5 Å². The number of methoxy groups -OCH3 is 1. The first kappa shape index (κ1) is 13.2. The van der Waals surface area contributed by atoms with Crippen LogP contribution in [0.3, 0.4) is 0 Å². The van der Waals surface area contributed by atoms with Gasteiger partial charge in [0, 0.05) is 17.6 Å². The molecule has 1 aromatic carbocycles. The molecule has 0 atom stereocenters. The first-order valence-corrected chi connectivity index (χ1v) is 5.17. The number of nitrogens with one attached hydrogen (secondary N) is 1. The van der Waals surface area contributed by atoms with Crippen LogP contribution in [0.15, 0.2) is 18.2 Å². The molecule has 0 amide bonds. The Morgan fingerprint density at radius 1 is 1.59 bits per heavy atom. The van der Waals surface area contributed by atoms with Crippen LogP contribution in [0.4, 0.5) is 11.4 Å². The van der Waals surface area contributed by atoms with Gasteiger partial charge in [0.05, 0.1) is 18.5 Å². The van der Waals surface area contributed by atoms with Crippen molar-refractivity contribution in [2.24, 2.45) is 0 Å². The zero-order valence-electron chi connectivity index (χ0n) is 9.10. The van der Waals surface area contributed by atoms with Gasteiger partial charge in [-0.25, -0.2) is 0 Å². The lowest BCUT2D eigenvalue weighted by molar-refractivity contribution is -0.383. The Kier molecular flexibility index (Phi) is 4.71. The van der Waals surface area contributed by atoms with Crippen molar-refractivity contribution >= 4 is 28.9 Å². The number of ether oxygens (including phenoxy) is 1. The van der Waals surface area contributed by atoms with Gasteiger partial charge in [-0.15, -0.1) is 0 Å². The molecule has 0 heterocycles. The molecule has 0 aliphatic rings. The maximum Gasteiger partial charge on any atom is 0.307 e. The molecule has 0 radical (unpaired) electrons. The normalized spacial score (nSPS) is 9.76. The molecule has 0 fully saturated rings. The molecule has 17 heavy (non-hydrogen) atoms. The molecule has 0 bridgehead atoms. The lowest BCUT2D eigenvalue weighted by Crippen LogP contribution is -2.10. The van der Waals surface area contributed by atoms with Gasteiger partial charge in [0.1, 0.15) is 5.69 Å². The highest BCUT2D eigenvalue weighted by atomic mass is 35.5. The van der Waals surface area contributed by atoms with Crippen LogP contribution in [0.1, 0.15) is 6.42 Å². The Hall–Kier alpha value is -1.82. The van der Waals surface area contributed by atoms with Crippen LogP contribution in [0.25, 0.3) is 0 Å². The minimum absolute atomic E-state index is 0.123. The van der Waals surface area contributed by atoms with Crippen LogP contribution >= 0.6 is 11.6 Å². The lowest BCUT2D eigenvalue weighted by Gasteiger charge is -2.06. The molecular formula is C10H11ClN2O4. The number of nitrogens with zero attached hydrogens (tertiary/aromatic N) is 1. The predicted molar refractivity (Wildman–Crippen MR) is 63.2 cm³/mol. The number of hydrogen-bond acceptors (Lipinski definition) is 5. The first-order chi connectivity index (χ1) is 8.04. The number of anilines is 1. The quantitative estimate of drug-likeness (QED) is 0.497. The summed E-state index contributed by atoms with van der Waals surface area (Å²) >= 11 is 5.66. The first-order valence-electron chi connectivity index (χ1n) is 4.79.